The Morgan fingerprint density at radius 2 is 1.76 bits per heavy atom. The first kappa shape index (κ1) is 30.8. The molecular weight excluding hydrogens is 545 g/mol. The molecule has 0 radical (unpaired) electrons. The summed E-state index contributed by atoms with van der Waals surface area (Å²) in [4.78, 5) is 32.5. The zero-order chi connectivity index (χ0) is 30.3. The van der Waals surface area contributed by atoms with Gasteiger partial charge in [0, 0.05) is 37.3 Å². The van der Waals surface area contributed by atoms with Crippen LogP contribution in [0, 0.1) is 5.82 Å². The third-order valence-corrected chi connectivity index (χ3v) is 6.70. The van der Waals surface area contributed by atoms with Gasteiger partial charge in [-0.1, -0.05) is 12.1 Å². The summed E-state index contributed by atoms with van der Waals surface area (Å²) in [7, 11) is 3.08. The third-order valence-electron chi connectivity index (χ3n) is 6.70. The molecule has 2 aromatic carbocycles. The normalized spacial score (nSPS) is 14.7. The number of amides is 2. The number of rotatable bonds is 11. The smallest absolute Gasteiger partial charge is 0.247 e. The molecule has 3 aromatic rings. The lowest BCUT2D eigenvalue weighted by molar-refractivity contribution is -0.142. The van der Waals surface area contributed by atoms with Crippen LogP contribution in [0.5, 0.6) is 11.5 Å². The second-order valence-corrected chi connectivity index (χ2v) is 10.9. The van der Waals surface area contributed by atoms with Crippen molar-refractivity contribution in [2.24, 2.45) is 0 Å². The molecule has 0 unspecified atom stereocenters. The predicted molar refractivity (Wildman–Crippen MR) is 152 cm³/mol. The van der Waals surface area contributed by atoms with E-state index in [2.05, 4.69) is 25.6 Å². The molecule has 1 fully saturated rings. The van der Waals surface area contributed by atoms with Crippen LogP contribution >= 0.6 is 0 Å². The zero-order valence-corrected chi connectivity index (χ0v) is 24.7. The van der Waals surface area contributed by atoms with E-state index in [-0.39, 0.29) is 19.0 Å². The van der Waals surface area contributed by atoms with Crippen LogP contribution in [0.4, 0.5) is 4.39 Å². The first-order chi connectivity index (χ1) is 20.1. The van der Waals surface area contributed by atoms with Crippen molar-refractivity contribution in [1.29, 1.82) is 0 Å². The van der Waals surface area contributed by atoms with Gasteiger partial charge in [0.15, 0.2) is 11.5 Å². The van der Waals surface area contributed by atoms with Gasteiger partial charge in [0.1, 0.15) is 18.4 Å². The summed E-state index contributed by atoms with van der Waals surface area (Å²) >= 11 is 0. The molecule has 1 atom stereocenters. The number of carbonyl (C=O) groups is 2. The van der Waals surface area contributed by atoms with E-state index in [4.69, 9.17) is 14.2 Å². The van der Waals surface area contributed by atoms with Crippen LogP contribution in [-0.2, 0) is 20.9 Å². The first-order valence-electron chi connectivity index (χ1n) is 13.7. The standard InChI is InChI=1S/C29H38FN7O5/c1-29(2,3)31-28(39)26(20-6-9-22(30)10-7-20)36(13-12-35-14-16-42-17-15-35)25(38)19-37-33-27(32-34-37)21-8-11-23(40-4)24(18-21)41-5/h6-11,18,26H,12-17,19H2,1-5H3,(H,31,39)/t26-/m0/s1. The number of morpholine rings is 1. The van der Waals surface area contributed by atoms with Gasteiger partial charge < -0.3 is 24.4 Å². The lowest BCUT2D eigenvalue weighted by Gasteiger charge is -2.35. The fourth-order valence-corrected chi connectivity index (χ4v) is 4.64. The summed E-state index contributed by atoms with van der Waals surface area (Å²) in [5.74, 6) is 0.155. The van der Waals surface area contributed by atoms with E-state index in [1.165, 1.54) is 41.1 Å². The van der Waals surface area contributed by atoms with Crippen LogP contribution in [0.15, 0.2) is 42.5 Å². The van der Waals surface area contributed by atoms with Gasteiger partial charge in [-0.05, 0) is 61.9 Å². The molecule has 1 saturated heterocycles. The Morgan fingerprint density at radius 1 is 1.07 bits per heavy atom. The lowest BCUT2D eigenvalue weighted by Crippen LogP contribution is -2.52. The minimum absolute atomic E-state index is 0.246. The summed E-state index contributed by atoms with van der Waals surface area (Å²) in [6.07, 6.45) is 0. The second kappa shape index (κ2) is 13.7. The summed E-state index contributed by atoms with van der Waals surface area (Å²) in [6.45, 7) is 8.73. The van der Waals surface area contributed by atoms with E-state index >= 15 is 0 Å². The number of hydrogen-bond donors (Lipinski definition) is 1. The summed E-state index contributed by atoms with van der Waals surface area (Å²) in [6, 6.07) is 9.83. The molecule has 12 nitrogen and oxygen atoms in total. The van der Waals surface area contributed by atoms with Crippen molar-refractivity contribution >= 4 is 11.8 Å². The van der Waals surface area contributed by atoms with E-state index in [1.807, 2.05) is 20.8 Å². The number of benzene rings is 2. The zero-order valence-electron chi connectivity index (χ0n) is 24.7. The Morgan fingerprint density at radius 3 is 2.40 bits per heavy atom. The molecule has 13 heteroatoms. The molecule has 1 N–H and O–H groups in total. The quantitative estimate of drug-likeness (QED) is 0.362. The molecule has 1 aromatic heterocycles. The minimum Gasteiger partial charge on any atom is -0.493 e. The monoisotopic (exact) mass is 583 g/mol. The fourth-order valence-electron chi connectivity index (χ4n) is 4.64. The highest BCUT2D eigenvalue weighted by atomic mass is 19.1. The van der Waals surface area contributed by atoms with Gasteiger partial charge in [-0.2, -0.15) is 4.80 Å². The Labute approximate surface area is 244 Å². The van der Waals surface area contributed by atoms with Crippen LogP contribution in [-0.4, -0.2) is 101 Å². The fraction of sp³-hybridized carbons (Fsp3) is 0.483. The molecule has 42 heavy (non-hydrogen) atoms. The first-order valence-corrected chi connectivity index (χ1v) is 13.7. The molecule has 2 amide bonds. The molecule has 0 saturated carbocycles. The molecule has 2 heterocycles. The summed E-state index contributed by atoms with van der Waals surface area (Å²) < 4.78 is 30.0. The summed E-state index contributed by atoms with van der Waals surface area (Å²) in [5, 5.41) is 15.6. The molecular formula is C29H38FN7O5. The predicted octanol–water partition coefficient (Wildman–Crippen LogP) is 2.31. The van der Waals surface area contributed by atoms with E-state index < -0.39 is 23.3 Å². The Kier molecular flexibility index (Phi) is 10.1. The molecule has 226 valence electrons. The number of hydrogen-bond acceptors (Lipinski definition) is 9. The van der Waals surface area contributed by atoms with Crippen molar-refractivity contribution in [1.82, 2.24) is 35.3 Å². The average molecular weight is 584 g/mol. The number of nitrogens with one attached hydrogen (secondary N) is 1. The Hall–Kier alpha value is -4.10. The van der Waals surface area contributed by atoms with Crippen LogP contribution in [0.25, 0.3) is 11.4 Å². The van der Waals surface area contributed by atoms with Gasteiger partial charge in [-0.3, -0.25) is 14.5 Å². The second-order valence-electron chi connectivity index (χ2n) is 10.9. The van der Waals surface area contributed by atoms with Crippen LogP contribution < -0.4 is 14.8 Å². The molecule has 0 aliphatic carbocycles. The highest BCUT2D eigenvalue weighted by molar-refractivity contribution is 5.89. The third kappa shape index (κ3) is 8.01. The number of carbonyl (C=O) groups excluding carboxylic acids is 2. The number of methoxy groups -OCH3 is 2. The van der Waals surface area contributed by atoms with Crippen molar-refractivity contribution in [3.8, 4) is 22.9 Å². The molecule has 1 aliphatic rings. The summed E-state index contributed by atoms with van der Waals surface area (Å²) in [5.41, 5.74) is 0.561. The number of ether oxygens (including phenoxy) is 3. The van der Waals surface area contributed by atoms with Crippen molar-refractivity contribution in [3.05, 3.63) is 53.8 Å². The van der Waals surface area contributed by atoms with Crippen LogP contribution in [0.2, 0.25) is 0 Å². The van der Waals surface area contributed by atoms with Crippen LogP contribution in [0.1, 0.15) is 32.4 Å². The number of halogens is 1. The largest absolute Gasteiger partial charge is 0.493 e. The molecule has 4 rings (SSSR count). The maximum absolute atomic E-state index is 13.9. The van der Waals surface area contributed by atoms with E-state index in [0.29, 0.717) is 48.2 Å². The number of tetrazole rings is 1. The molecule has 0 bridgehead atoms. The van der Waals surface area contributed by atoms with E-state index in [1.54, 1.807) is 25.3 Å². The van der Waals surface area contributed by atoms with E-state index in [0.717, 1.165) is 13.1 Å². The average Bonchev–Trinajstić information content (AvgIpc) is 3.43. The van der Waals surface area contributed by atoms with Gasteiger partial charge >= 0.3 is 0 Å². The van der Waals surface area contributed by atoms with Gasteiger partial charge in [0.2, 0.25) is 17.6 Å². The van der Waals surface area contributed by atoms with Crippen LogP contribution in [0.3, 0.4) is 0 Å². The van der Waals surface area contributed by atoms with Crippen molar-refractivity contribution in [2.75, 3.05) is 53.6 Å². The molecule has 1 aliphatic heterocycles. The maximum atomic E-state index is 13.9. The molecule has 0 spiro atoms. The highest BCUT2D eigenvalue weighted by Gasteiger charge is 2.34. The van der Waals surface area contributed by atoms with Gasteiger partial charge in [0.25, 0.3) is 0 Å². The van der Waals surface area contributed by atoms with Crippen molar-refractivity contribution in [3.63, 3.8) is 0 Å². The number of nitrogens with zero attached hydrogens (tertiary/aromatic N) is 6. The Balaban J connectivity index is 1.62. The Bertz CT molecular complexity index is 1350. The van der Waals surface area contributed by atoms with Gasteiger partial charge in [0.05, 0.1) is 27.4 Å². The van der Waals surface area contributed by atoms with E-state index in [9.17, 15) is 14.0 Å². The number of aromatic nitrogens is 4. The highest BCUT2D eigenvalue weighted by Crippen LogP contribution is 2.31. The van der Waals surface area contributed by atoms with Gasteiger partial charge in [-0.25, -0.2) is 4.39 Å². The maximum Gasteiger partial charge on any atom is 0.247 e. The lowest BCUT2D eigenvalue weighted by atomic mass is 10.0. The van der Waals surface area contributed by atoms with Crippen molar-refractivity contribution < 1.29 is 28.2 Å². The van der Waals surface area contributed by atoms with Gasteiger partial charge in [-0.15, -0.1) is 10.2 Å². The SMILES string of the molecule is COc1ccc(-c2nnn(CC(=O)N(CCN3CCOCC3)[C@H](C(=O)NC(C)(C)C)c3ccc(F)cc3)n2)cc1OC. The van der Waals surface area contributed by atoms with Crippen molar-refractivity contribution in [2.45, 2.75) is 38.9 Å². The topological polar surface area (TPSA) is 124 Å². The minimum atomic E-state index is -1.01.